The van der Waals surface area contributed by atoms with Gasteiger partial charge in [-0.15, -0.1) is 34.1 Å². The third-order valence-corrected chi connectivity index (χ3v) is 26.8. The highest BCUT2D eigenvalue weighted by molar-refractivity contribution is 8.44. The number of phenolic OH excluding ortho intramolecular Hbond substituents is 2. The van der Waals surface area contributed by atoms with Crippen LogP contribution in [0.5, 0.6) is 28.7 Å². The molecule has 8 N–H and O–H groups in total. The number of fused-ring (bicyclic) bond motifs is 4. The van der Waals surface area contributed by atoms with Crippen molar-refractivity contribution in [1.29, 1.82) is 0 Å². The predicted molar refractivity (Wildman–Crippen MR) is 461 cm³/mol. The van der Waals surface area contributed by atoms with Crippen LogP contribution in [0.1, 0.15) is 129 Å². The zero-order chi connectivity index (χ0) is 86.5. The number of hydrogen-bond acceptors (Lipinski definition) is 28. The number of allylic oxidation sites excluding steroid dienone is 4. The quantitative estimate of drug-likeness (QED) is 0.0252. The van der Waals surface area contributed by atoms with E-state index < -0.39 is 165 Å². The maximum absolute atomic E-state index is 14.7. The summed E-state index contributed by atoms with van der Waals surface area (Å²) < 4.78 is 55.1. The predicted octanol–water partition coefficient (Wildman–Crippen LogP) is 14.0. The van der Waals surface area contributed by atoms with Gasteiger partial charge in [-0.1, -0.05) is 112 Å². The third-order valence-electron chi connectivity index (χ3n) is 22.9. The summed E-state index contributed by atoms with van der Waals surface area (Å²) in [4.78, 5) is 121. The van der Waals surface area contributed by atoms with Gasteiger partial charge in [-0.2, -0.15) is 0 Å². The van der Waals surface area contributed by atoms with Gasteiger partial charge in [0.05, 0.1) is 116 Å². The summed E-state index contributed by atoms with van der Waals surface area (Å²) >= 11 is 3.77. The van der Waals surface area contributed by atoms with Gasteiger partial charge in [-0.05, 0) is 64.1 Å². The van der Waals surface area contributed by atoms with Crippen LogP contribution >= 0.6 is 52.0 Å². The number of aromatic nitrogens is 2. The van der Waals surface area contributed by atoms with Crippen molar-refractivity contribution >= 4 is 161 Å². The molecule has 628 valence electrons. The molecule has 12 rings (SSSR count). The van der Waals surface area contributed by atoms with Crippen LogP contribution in [0.15, 0.2) is 123 Å². The number of para-hydroxylation sites is 2. The highest BCUT2D eigenvalue weighted by Gasteiger charge is 2.52. The van der Waals surface area contributed by atoms with Crippen molar-refractivity contribution in [1.82, 2.24) is 9.97 Å². The number of carbonyl (C=O) groups excluding carboxylic acids is 6. The SMILES string of the molecule is COC1/C=C/OC2(C)Oc3c(C)c(=O)c4c(O)c(c5sc6cccc(OP)c6nc5c4c3C2=O)NC(=O)/C(C)=C\C=C\C(C)C(O)C(C)C(O)C(C)C(OC(C)=O)C1C.COC1/C=C/OC2(C)Oc3c(C)c(=O)c4c(O)c(c5sc6cccc(SP)c6nc5c4c3C2=O)NC(=O)/C(C)=C\C=C\C(C)C(O)C(C)C(O)C(C)C(OC(C)=O)C1C. The van der Waals surface area contributed by atoms with Crippen LogP contribution in [0.25, 0.3) is 62.4 Å². The summed E-state index contributed by atoms with van der Waals surface area (Å²) in [6.07, 6.45) is 7.54. The molecule has 2 amide bonds. The lowest BCUT2D eigenvalue weighted by Crippen LogP contribution is -2.46. The number of nitrogens with one attached hydrogen (secondary N) is 2. The number of esters is 2. The Balaban J connectivity index is 0.000000231. The van der Waals surface area contributed by atoms with Gasteiger partial charge in [-0.3, -0.25) is 38.4 Å². The van der Waals surface area contributed by atoms with Gasteiger partial charge in [0.15, 0.2) is 22.4 Å². The zero-order valence-corrected chi connectivity index (χ0v) is 73.1. The Morgan fingerprint density at radius 2 is 0.924 bits per heavy atom. The van der Waals surface area contributed by atoms with E-state index in [0.717, 1.165) is 16.2 Å². The van der Waals surface area contributed by atoms with Crippen molar-refractivity contribution < 1.29 is 102 Å². The molecule has 0 spiro atoms. The molecule has 0 aliphatic carbocycles. The summed E-state index contributed by atoms with van der Waals surface area (Å²) in [6.45, 7) is 25.3. The number of ketones is 2. The van der Waals surface area contributed by atoms with Crippen LogP contribution in [0.3, 0.4) is 0 Å². The lowest BCUT2D eigenvalue weighted by atomic mass is 9.78. The van der Waals surface area contributed by atoms with Gasteiger partial charge < -0.3 is 83.7 Å². The van der Waals surface area contributed by atoms with Gasteiger partial charge in [0.1, 0.15) is 46.3 Å². The smallest absolute Gasteiger partial charge is 0.312 e. The molecule has 0 fully saturated rings. The maximum Gasteiger partial charge on any atom is 0.312 e. The number of carbonyl (C=O) groups is 6. The van der Waals surface area contributed by atoms with Crippen molar-refractivity contribution in [3.8, 4) is 28.7 Å². The normalized spacial score (nSPS) is 30.1. The van der Waals surface area contributed by atoms with E-state index in [1.54, 1.807) is 118 Å². The molecular weight excluding hydrogens is 1620 g/mol. The number of aromatic hydroxyl groups is 2. The Bertz CT molecular complexity index is 5380. The monoisotopic (exact) mass is 1710 g/mol. The molecule has 0 saturated carbocycles. The Labute approximate surface area is 697 Å². The fourth-order valence-corrected chi connectivity index (χ4v) is 19.3. The second-order valence-electron chi connectivity index (χ2n) is 30.9. The topological polar surface area (TPSA) is 391 Å². The number of aliphatic hydroxyl groups is 4. The molecule has 118 heavy (non-hydrogen) atoms. The third kappa shape index (κ3) is 16.8. The first-order valence-corrected chi connectivity index (χ1v) is 42.6. The van der Waals surface area contributed by atoms with Crippen LogP contribution in [-0.4, -0.2) is 151 Å². The van der Waals surface area contributed by atoms with Crippen LogP contribution in [0.2, 0.25) is 0 Å². The summed E-state index contributed by atoms with van der Waals surface area (Å²) in [5.74, 6) is -13.4. The van der Waals surface area contributed by atoms with Crippen LogP contribution < -0.4 is 35.5 Å². The van der Waals surface area contributed by atoms with Crippen LogP contribution in [-0.2, 0) is 47.6 Å². The minimum atomic E-state index is -2.01. The molecule has 20 atom stereocenters. The number of anilines is 2. The van der Waals surface area contributed by atoms with Gasteiger partial charge >= 0.3 is 23.5 Å². The summed E-state index contributed by atoms with van der Waals surface area (Å²) in [7, 11) is 7.67. The largest absolute Gasteiger partial charge is 0.505 e. The summed E-state index contributed by atoms with van der Waals surface area (Å²) in [6, 6.07) is 10.8. The number of benzene rings is 6. The minimum Gasteiger partial charge on any atom is -0.505 e. The first kappa shape index (κ1) is 89.5. The molecule has 4 aliphatic rings. The van der Waals surface area contributed by atoms with E-state index >= 15 is 0 Å². The lowest BCUT2D eigenvalue weighted by Gasteiger charge is -2.38. The molecule has 2 aromatic heterocycles. The molecule has 6 heterocycles. The number of aliphatic hydroxyl groups excluding tert-OH is 4. The van der Waals surface area contributed by atoms with E-state index in [1.807, 2.05) is 18.2 Å². The highest BCUT2D eigenvalue weighted by Crippen LogP contribution is 2.53. The standard InChI is InChI=1S/C43H49N2O12PS.C43H49N2O11PS2/c1-18-12-10-13-19(2)42(52)45-33-37(50)29-28(32-40(33)59-27-15-11-14-26(57-58)31(27)44-32)30-39(23(6)36(29)49)56-43(8,41(30)51)54-17-16-25(53-9)20(3)38(55-24(7)46)22(5)35(48)21(4)34(18)47;1-18-12-10-13-19(2)42(52)45-33-37(50)29-28(32-40(33)58-26-14-11-15-27(59-57)31(26)44-32)30-39(23(6)36(29)49)56-43(8,41(30)51)54-17-16-25(53-9)20(3)38(55-24(7)46)22(5)35(48)21(4)34(18)47/h10-18,20-22,25,34-35,38,47-48,50H,58H2,1-9H3,(H,45,52);10-18,20-22,25,34-35,38,47-48,50H,57H2,1-9H3,(H,45,52)/b2*12-10+,17-16+,19-13-. The average Bonchev–Trinajstić information content (AvgIpc) is 1.47. The Morgan fingerprint density at radius 3 is 1.31 bits per heavy atom. The Morgan fingerprint density at radius 1 is 0.534 bits per heavy atom. The molecular formula is C86H98N4O23P2S3. The molecule has 8 aromatic rings. The molecule has 4 aliphatic heterocycles. The number of rotatable bonds is 6. The molecule has 32 heteroatoms. The summed E-state index contributed by atoms with van der Waals surface area (Å²) in [5, 5.41) is 75.0. The van der Waals surface area contributed by atoms with Gasteiger partial charge in [0.2, 0.25) is 0 Å². The summed E-state index contributed by atoms with van der Waals surface area (Å²) in [5.41, 5.74) is 0.289. The molecule has 6 aromatic carbocycles. The number of methoxy groups -OCH3 is 2. The molecule has 0 radical (unpaired) electrons. The fraction of sp³-hybridized carbons (Fsp3) is 0.419. The van der Waals surface area contributed by atoms with Crippen LogP contribution in [0, 0.1) is 61.2 Å². The van der Waals surface area contributed by atoms with E-state index in [0.29, 0.717) is 30.9 Å². The van der Waals surface area contributed by atoms with E-state index in [1.165, 1.54) is 109 Å². The number of ether oxygens (including phenoxy) is 8. The average molecular weight is 1710 g/mol. The maximum atomic E-state index is 14.7. The first-order chi connectivity index (χ1) is 55.7. The molecule has 20 unspecified atom stereocenters. The van der Waals surface area contributed by atoms with Crippen molar-refractivity contribution in [3.05, 3.63) is 151 Å². The van der Waals surface area contributed by atoms with Gasteiger partial charge in [0.25, 0.3) is 23.4 Å². The van der Waals surface area contributed by atoms with Gasteiger partial charge in [0, 0.05) is 127 Å². The molecule has 8 bridgehead atoms. The second kappa shape index (κ2) is 35.9. The van der Waals surface area contributed by atoms with Crippen molar-refractivity contribution in [2.45, 2.75) is 176 Å². The van der Waals surface area contributed by atoms with E-state index in [2.05, 4.69) is 28.5 Å². The van der Waals surface area contributed by atoms with E-state index in [9.17, 15) is 69.0 Å². The highest BCUT2D eigenvalue weighted by atomic mass is 32.7. The Hall–Kier alpha value is -9.29. The second-order valence-corrected chi connectivity index (χ2v) is 34.6. The minimum absolute atomic E-state index is 0.00528. The number of phenols is 2. The van der Waals surface area contributed by atoms with Crippen molar-refractivity contribution in [2.24, 2.45) is 47.3 Å². The number of nitrogens with zero attached hydrogens (tertiary/aromatic N) is 2. The van der Waals surface area contributed by atoms with Gasteiger partial charge in [-0.25, -0.2) is 9.97 Å². The Kier molecular flexibility index (Phi) is 27.3. The number of hydrogen-bond donors (Lipinski definition) is 8. The zero-order valence-electron chi connectivity index (χ0n) is 68.4. The van der Waals surface area contributed by atoms with Crippen LogP contribution in [0.4, 0.5) is 11.4 Å². The van der Waals surface area contributed by atoms with Crippen molar-refractivity contribution in [3.63, 3.8) is 0 Å². The van der Waals surface area contributed by atoms with E-state index in [-0.39, 0.29) is 93.6 Å². The molecule has 27 nitrogen and oxygen atoms in total. The van der Waals surface area contributed by atoms with Crippen molar-refractivity contribution in [2.75, 3.05) is 24.9 Å². The van der Waals surface area contributed by atoms with E-state index in [4.69, 9.17) is 52.4 Å². The number of Topliss-reactive ketones (excluding diaryl/α,β-unsaturated/α-hetero) is 2. The lowest BCUT2D eigenvalue weighted by molar-refractivity contribution is -0.161. The fourth-order valence-electron chi connectivity index (χ4n) is 15.8. The first-order valence-electron chi connectivity index (χ1n) is 38.3. The number of amides is 2. The molecule has 0 saturated heterocycles.